The van der Waals surface area contributed by atoms with Crippen LogP contribution < -0.4 is 15.7 Å². The van der Waals surface area contributed by atoms with Crippen LogP contribution in [0.15, 0.2) is 47.3 Å². The lowest BCUT2D eigenvalue weighted by atomic mass is 10.2. The average Bonchev–Trinajstić information content (AvgIpc) is 3.28. The zero-order chi connectivity index (χ0) is 17.9. The molecule has 3 N–H and O–H groups in total. The summed E-state index contributed by atoms with van der Waals surface area (Å²) < 4.78 is 6.14. The zero-order valence-electron chi connectivity index (χ0n) is 13.8. The Morgan fingerprint density at radius 2 is 1.88 bits per heavy atom. The Kier molecular flexibility index (Phi) is 4.94. The second kappa shape index (κ2) is 7.51. The molecule has 0 radical (unpaired) electrons. The quantitative estimate of drug-likeness (QED) is 0.625. The maximum absolute atomic E-state index is 12.2. The zero-order valence-corrected chi connectivity index (χ0v) is 15.4. The number of aromatic nitrogens is 2. The molecule has 1 saturated heterocycles. The van der Waals surface area contributed by atoms with Crippen LogP contribution in [0.25, 0.3) is 11.0 Å². The number of carbonyl (C=O) groups is 1. The molecule has 3 aromatic rings. The van der Waals surface area contributed by atoms with Crippen LogP contribution in [0.3, 0.4) is 0 Å². The van der Waals surface area contributed by atoms with Gasteiger partial charge in [-0.2, -0.15) is 0 Å². The number of amides is 1. The molecule has 1 fully saturated rings. The summed E-state index contributed by atoms with van der Waals surface area (Å²) >= 11 is 3.80. The molecule has 0 unspecified atom stereocenters. The summed E-state index contributed by atoms with van der Waals surface area (Å²) in [6.07, 6.45) is 0. The van der Waals surface area contributed by atoms with Crippen LogP contribution in [0.1, 0.15) is 10.1 Å². The van der Waals surface area contributed by atoms with Gasteiger partial charge >= 0.3 is 5.69 Å². The molecule has 2 aromatic carbocycles. The highest BCUT2D eigenvalue weighted by molar-refractivity contribution is 8.19. The first-order chi connectivity index (χ1) is 12.7. The molecule has 8 heteroatoms. The number of nitrogens with one attached hydrogen (secondary N) is 3. The van der Waals surface area contributed by atoms with Gasteiger partial charge in [0.15, 0.2) is 6.61 Å². The van der Waals surface area contributed by atoms with Crippen molar-refractivity contribution in [3.63, 3.8) is 0 Å². The molecule has 1 aromatic heterocycles. The summed E-state index contributed by atoms with van der Waals surface area (Å²) in [6, 6.07) is 13.1. The minimum absolute atomic E-state index is 0.0687. The first kappa shape index (κ1) is 17.1. The number of ether oxygens (including phenoxy) is 1. The van der Waals surface area contributed by atoms with Crippen molar-refractivity contribution in [1.29, 1.82) is 0 Å². The maximum atomic E-state index is 12.2. The predicted molar refractivity (Wildman–Crippen MR) is 107 cm³/mol. The lowest BCUT2D eigenvalue weighted by Gasteiger charge is -2.15. The van der Waals surface area contributed by atoms with E-state index in [1.165, 1.54) is 0 Å². The van der Waals surface area contributed by atoms with Crippen LogP contribution >= 0.6 is 23.5 Å². The second-order valence-corrected chi connectivity index (χ2v) is 8.51. The third-order valence-electron chi connectivity index (χ3n) is 3.95. The number of aromatic amines is 2. The number of hydrogen-bond donors (Lipinski definition) is 3. The van der Waals surface area contributed by atoms with Gasteiger partial charge in [-0.3, -0.25) is 4.79 Å². The summed E-state index contributed by atoms with van der Waals surface area (Å²) in [6.45, 7) is -0.0687. The molecule has 1 aliphatic rings. The number of anilines is 1. The molecule has 0 bridgehead atoms. The van der Waals surface area contributed by atoms with Crippen LogP contribution in [-0.4, -0.2) is 34.0 Å². The van der Waals surface area contributed by atoms with Gasteiger partial charge in [0.2, 0.25) is 0 Å². The fourth-order valence-corrected chi connectivity index (χ4v) is 5.70. The topological polar surface area (TPSA) is 87.0 Å². The van der Waals surface area contributed by atoms with E-state index < -0.39 is 0 Å². The molecule has 1 aliphatic heterocycles. The fraction of sp³-hybridized carbons (Fsp3) is 0.222. The molecule has 2 heterocycles. The summed E-state index contributed by atoms with van der Waals surface area (Å²) in [5.74, 6) is 2.77. The van der Waals surface area contributed by atoms with Gasteiger partial charge < -0.3 is 20.0 Å². The smallest absolute Gasteiger partial charge is 0.323 e. The van der Waals surface area contributed by atoms with Crippen molar-refractivity contribution >= 4 is 46.2 Å². The Balaban J connectivity index is 1.41. The number of H-pyrrole nitrogens is 2. The van der Waals surface area contributed by atoms with Gasteiger partial charge in [-0.05, 0) is 24.3 Å². The van der Waals surface area contributed by atoms with Crippen LogP contribution in [-0.2, 0) is 4.79 Å². The number of imidazole rings is 1. The Hall–Kier alpha value is -2.32. The van der Waals surface area contributed by atoms with E-state index in [9.17, 15) is 9.59 Å². The minimum atomic E-state index is -0.272. The summed E-state index contributed by atoms with van der Waals surface area (Å²) in [7, 11) is 0. The van der Waals surface area contributed by atoms with Gasteiger partial charge in [0, 0.05) is 22.8 Å². The molecule has 6 nitrogen and oxygen atoms in total. The maximum Gasteiger partial charge on any atom is 0.323 e. The molecule has 0 atom stereocenters. The largest absolute Gasteiger partial charge is 0.483 e. The van der Waals surface area contributed by atoms with E-state index in [1.54, 1.807) is 18.2 Å². The van der Waals surface area contributed by atoms with Gasteiger partial charge in [-0.25, -0.2) is 4.79 Å². The monoisotopic (exact) mass is 387 g/mol. The van der Waals surface area contributed by atoms with Crippen LogP contribution in [0.4, 0.5) is 5.69 Å². The highest BCUT2D eigenvalue weighted by Crippen LogP contribution is 2.48. The lowest BCUT2D eigenvalue weighted by Crippen LogP contribution is -2.20. The van der Waals surface area contributed by atoms with E-state index in [0.717, 1.165) is 22.8 Å². The third kappa shape index (κ3) is 3.76. The third-order valence-corrected chi connectivity index (χ3v) is 7.02. The Morgan fingerprint density at radius 1 is 1.12 bits per heavy atom. The highest BCUT2D eigenvalue weighted by atomic mass is 32.2. The van der Waals surface area contributed by atoms with E-state index in [2.05, 4.69) is 21.4 Å². The molecule has 0 aliphatic carbocycles. The number of thioether (sulfide) groups is 2. The van der Waals surface area contributed by atoms with Crippen molar-refractivity contribution in [2.24, 2.45) is 0 Å². The number of para-hydroxylation sites is 1. The number of rotatable bonds is 5. The molecule has 0 spiro atoms. The van der Waals surface area contributed by atoms with Crippen LogP contribution in [0.5, 0.6) is 5.75 Å². The van der Waals surface area contributed by atoms with Crippen molar-refractivity contribution in [1.82, 2.24) is 9.97 Å². The van der Waals surface area contributed by atoms with E-state index in [4.69, 9.17) is 4.74 Å². The van der Waals surface area contributed by atoms with E-state index in [0.29, 0.717) is 21.3 Å². The van der Waals surface area contributed by atoms with Gasteiger partial charge in [0.1, 0.15) is 5.75 Å². The normalized spacial score (nSPS) is 14.6. The van der Waals surface area contributed by atoms with E-state index in [1.807, 2.05) is 41.7 Å². The standard InChI is InChI=1S/C18H17N3O3S2/c22-16(19-11-5-6-13-14(9-11)21-18(23)20-13)10-24-15-4-2-1-3-12(15)17-25-7-8-26-17/h1-6,9,17H,7-8,10H2,(H,19,22)(H2,20,21,23). The molecular formula is C18H17N3O3S2. The van der Waals surface area contributed by atoms with E-state index in [-0.39, 0.29) is 18.2 Å². The van der Waals surface area contributed by atoms with Crippen molar-refractivity contribution in [3.05, 3.63) is 58.5 Å². The average molecular weight is 387 g/mol. The predicted octanol–water partition coefficient (Wildman–Crippen LogP) is 3.35. The van der Waals surface area contributed by atoms with E-state index >= 15 is 0 Å². The molecular weight excluding hydrogens is 370 g/mol. The van der Waals surface area contributed by atoms with Gasteiger partial charge in [0.25, 0.3) is 5.91 Å². The van der Waals surface area contributed by atoms with Gasteiger partial charge in [0.05, 0.1) is 15.6 Å². The summed E-state index contributed by atoms with van der Waals surface area (Å²) in [5, 5.41) is 2.79. The van der Waals surface area contributed by atoms with Gasteiger partial charge in [-0.1, -0.05) is 18.2 Å². The Bertz CT molecular complexity index is 993. The van der Waals surface area contributed by atoms with Crippen molar-refractivity contribution in [2.45, 2.75) is 4.58 Å². The molecule has 26 heavy (non-hydrogen) atoms. The summed E-state index contributed by atoms with van der Waals surface area (Å²) in [5.41, 5.74) is 2.81. The van der Waals surface area contributed by atoms with Crippen molar-refractivity contribution in [2.75, 3.05) is 23.4 Å². The minimum Gasteiger partial charge on any atom is -0.483 e. The molecule has 134 valence electrons. The van der Waals surface area contributed by atoms with Gasteiger partial charge in [-0.15, -0.1) is 23.5 Å². The Labute approximate surface area is 158 Å². The fourth-order valence-electron chi connectivity index (χ4n) is 2.80. The molecule has 4 rings (SSSR count). The first-order valence-corrected chi connectivity index (χ1v) is 10.3. The second-order valence-electron chi connectivity index (χ2n) is 5.79. The lowest BCUT2D eigenvalue weighted by molar-refractivity contribution is -0.118. The molecule has 0 saturated carbocycles. The van der Waals surface area contributed by atoms with Crippen molar-refractivity contribution in [3.8, 4) is 5.75 Å². The van der Waals surface area contributed by atoms with Crippen molar-refractivity contribution < 1.29 is 9.53 Å². The summed E-state index contributed by atoms with van der Waals surface area (Å²) in [4.78, 5) is 28.9. The molecule has 1 amide bonds. The number of carbonyl (C=O) groups excluding carboxylic acids is 1. The number of hydrogen-bond acceptors (Lipinski definition) is 5. The highest BCUT2D eigenvalue weighted by Gasteiger charge is 2.21. The number of benzene rings is 2. The number of fused-ring (bicyclic) bond motifs is 1. The van der Waals surface area contributed by atoms with Crippen LogP contribution in [0.2, 0.25) is 0 Å². The van der Waals surface area contributed by atoms with Crippen LogP contribution in [0, 0.1) is 0 Å². The first-order valence-electron chi connectivity index (χ1n) is 8.16. The Morgan fingerprint density at radius 3 is 2.73 bits per heavy atom. The SMILES string of the molecule is O=C(COc1ccccc1C1SCCS1)Nc1ccc2[nH]c(=O)[nH]c2c1.